The SMILES string of the molecule is Cc1nnc([C@@H]2O[C@H](CO)[C@H](O)[C@H](n3cc(-c4cc(F)c(Cl)c(F)c4)nn3)[C@H]2O)n1-c1cc(Cl)ccc1O. The van der Waals surface area contributed by atoms with Gasteiger partial charge in [0.05, 0.1) is 18.5 Å². The molecule has 200 valence electrons. The van der Waals surface area contributed by atoms with Gasteiger partial charge in [-0.3, -0.25) is 4.57 Å². The molecule has 1 fully saturated rings. The highest BCUT2D eigenvalue weighted by Crippen LogP contribution is 2.40. The highest BCUT2D eigenvalue weighted by molar-refractivity contribution is 6.31. The van der Waals surface area contributed by atoms with Crippen LogP contribution in [0, 0.1) is 18.6 Å². The maximum Gasteiger partial charge on any atom is 0.169 e. The number of hydrogen-bond acceptors (Lipinski definition) is 9. The number of benzene rings is 2. The molecule has 1 aliphatic rings. The number of aromatic nitrogens is 6. The Hall–Kier alpha value is -3.20. The van der Waals surface area contributed by atoms with Gasteiger partial charge in [-0.2, -0.15) is 0 Å². The number of phenolic OH excluding ortho intramolecular Hbond substituents is 1. The number of aliphatic hydroxyl groups excluding tert-OH is 3. The van der Waals surface area contributed by atoms with E-state index in [1.807, 2.05) is 0 Å². The van der Waals surface area contributed by atoms with Gasteiger partial charge in [-0.1, -0.05) is 28.4 Å². The van der Waals surface area contributed by atoms with Crippen molar-refractivity contribution in [1.29, 1.82) is 0 Å². The molecule has 5 rings (SSSR count). The standard InChI is InChI=1S/C23H20Cl2F2N6O5/c1-9-28-30-23(33(9)15-6-11(24)2-3-16(15)35)22-21(37)19(20(36)17(8-34)38-22)32-7-14(29-31-32)10-4-12(26)18(25)13(27)5-10/h2-7,17,19-22,34-37H,8H2,1H3/t17-,19+,20+,21-,22-/m1/s1. The highest BCUT2D eigenvalue weighted by Gasteiger charge is 2.48. The van der Waals surface area contributed by atoms with Crippen LogP contribution in [0.3, 0.4) is 0 Å². The molecule has 1 aliphatic heterocycles. The minimum Gasteiger partial charge on any atom is -0.506 e. The number of hydrogen-bond donors (Lipinski definition) is 4. The molecular formula is C23H20Cl2F2N6O5. The summed E-state index contributed by atoms with van der Waals surface area (Å²) in [6.07, 6.45) is -4.22. The first-order valence-corrected chi connectivity index (χ1v) is 12.0. The van der Waals surface area contributed by atoms with Crippen LogP contribution in [0.2, 0.25) is 10.0 Å². The number of aliphatic hydroxyl groups is 3. The molecule has 0 aliphatic carbocycles. The first-order chi connectivity index (χ1) is 18.1. The largest absolute Gasteiger partial charge is 0.506 e. The predicted octanol–water partition coefficient (Wildman–Crippen LogP) is 2.52. The number of phenols is 1. The molecule has 0 radical (unpaired) electrons. The van der Waals surface area contributed by atoms with E-state index in [-0.39, 0.29) is 28.5 Å². The van der Waals surface area contributed by atoms with Gasteiger partial charge in [0.25, 0.3) is 0 Å². The molecule has 0 saturated carbocycles. The molecule has 2 aromatic carbocycles. The zero-order chi connectivity index (χ0) is 27.3. The predicted molar refractivity (Wildman–Crippen MR) is 129 cm³/mol. The molecule has 2 aromatic heterocycles. The Morgan fingerprint density at radius 1 is 1.03 bits per heavy atom. The number of nitrogens with zero attached hydrogens (tertiary/aromatic N) is 6. The summed E-state index contributed by atoms with van der Waals surface area (Å²) in [5, 5.41) is 58.3. The van der Waals surface area contributed by atoms with Gasteiger partial charge in [-0.25, -0.2) is 13.5 Å². The van der Waals surface area contributed by atoms with Crippen LogP contribution in [0.5, 0.6) is 5.75 Å². The second-order valence-corrected chi connectivity index (χ2v) is 9.48. The van der Waals surface area contributed by atoms with Gasteiger partial charge in [0.15, 0.2) is 5.82 Å². The van der Waals surface area contributed by atoms with Gasteiger partial charge in [0, 0.05) is 10.6 Å². The van der Waals surface area contributed by atoms with Crippen LogP contribution in [0.15, 0.2) is 36.5 Å². The lowest BCUT2D eigenvalue weighted by molar-refractivity contribution is -0.210. The van der Waals surface area contributed by atoms with Crippen molar-refractivity contribution in [3.63, 3.8) is 0 Å². The average molecular weight is 569 g/mol. The van der Waals surface area contributed by atoms with Crippen molar-refractivity contribution in [2.75, 3.05) is 6.61 Å². The summed E-state index contributed by atoms with van der Waals surface area (Å²) >= 11 is 11.7. The Kier molecular flexibility index (Phi) is 7.07. The number of rotatable bonds is 5. The summed E-state index contributed by atoms with van der Waals surface area (Å²) in [5.74, 6) is -1.78. The van der Waals surface area contributed by atoms with E-state index in [4.69, 9.17) is 27.9 Å². The van der Waals surface area contributed by atoms with E-state index in [2.05, 4.69) is 20.5 Å². The van der Waals surface area contributed by atoms with Crippen molar-refractivity contribution >= 4 is 23.2 Å². The van der Waals surface area contributed by atoms with Crippen LogP contribution in [0.25, 0.3) is 16.9 Å². The van der Waals surface area contributed by atoms with Crippen molar-refractivity contribution in [3.05, 3.63) is 69.9 Å². The second-order valence-electron chi connectivity index (χ2n) is 8.66. The zero-order valence-corrected chi connectivity index (χ0v) is 21.0. The third-order valence-corrected chi connectivity index (χ3v) is 6.87. The van der Waals surface area contributed by atoms with E-state index in [0.717, 1.165) is 16.8 Å². The number of halogens is 4. The zero-order valence-electron chi connectivity index (χ0n) is 19.5. The summed E-state index contributed by atoms with van der Waals surface area (Å²) in [6.45, 7) is 0.974. The van der Waals surface area contributed by atoms with Gasteiger partial charge < -0.3 is 25.2 Å². The van der Waals surface area contributed by atoms with Crippen LogP contribution in [0.1, 0.15) is 23.8 Å². The molecule has 15 heteroatoms. The molecule has 0 bridgehead atoms. The smallest absolute Gasteiger partial charge is 0.169 e. The molecule has 3 heterocycles. The molecule has 1 saturated heterocycles. The fraction of sp³-hybridized carbons (Fsp3) is 0.304. The van der Waals surface area contributed by atoms with Crippen molar-refractivity contribution in [2.45, 2.75) is 37.4 Å². The lowest BCUT2D eigenvalue weighted by Crippen LogP contribution is -2.53. The van der Waals surface area contributed by atoms with Gasteiger partial charge >= 0.3 is 0 Å². The van der Waals surface area contributed by atoms with Gasteiger partial charge in [-0.05, 0) is 37.3 Å². The molecule has 38 heavy (non-hydrogen) atoms. The van der Waals surface area contributed by atoms with Gasteiger partial charge in [-0.15, -0.1) is 15.3 Å². The Labute approximate surface area is 223 Å². The van der Waals surface area contributed by atoms with Crippen molar-refractivity contribution in [1.82, 2.24) is 29.8 Å². The monoisotopic (exact) mass is 568 g/mol. The highest BCUT2D eigenvalue weighted by atomic mass is 35.5. The van der Waals surface area contributed by atoms with Crippen molar-refractivity contribution in [2.24, 2.45) is 0 Å². The fourth-order valence-electron chi connectivity index (χ4n) is 4.42. The quantitative estimate of drug-likeness (QED) is 0.266. The van der Waals surface area contributed by atoms with Crippen LogP contribution >= 0.6 is 23.2 Å². The van der Waals surface area contributed by atoms with Gasteiger partial charge in [0.1, 0.15) is 64.4 Å². The van der Waals surface area contributed by atoms with E-state index in [1.54, 1.807) is 6.92 Å². The summed E-state index contributed by atoms with van der Waals surface area (Å²) in [5.41, 5.74) is 0.267. The minimum absolute atomic E-state index is 0.0220. The van der Waals surface area contributed by atoms with Crippen LogP contribution in [-0.2, 0) is 4.74 Å². The van der Waals surface area contributed by atoms with E-state index < -0.39 is 53.7 Å². The molecular weight excluding hydrogens is 549 g/mol. The van der Waals surface area contributed by atoms with Crippen LogP contribution in [0.4, 0.5) is 8.78 Å². The summed E-state index contributed by atoms with van der Waals surface area (Å²) in [6, 6.07) is 5.03. The third-order valence-electron chi connectivity index (χ3n) is 6.27. The van der Waals surface area contributed by atoms with Gasteiger partial charge in [0.2, 0.25) is 0 Å². The third kappa shape index (κ3) is 4.51. The van der Waals surface area contributed by atoms with Crippen LogP contribution < -0.4 is 0 Å². The van der Waals surface area contributed by atoms with Crippen molar-refractivity contribution in [3.8, 4) is 22.7 Å². The molecule has 0 spiro atoms. The average Bonchev–Trinajstić information content (AvgIpc) is 3.51. The maximum atomic E-state index is 14.0. The van der Waals surface area contributed by atoms with E-state index >= 15 is 0 Å². The molecule has 0 amide bonds. The molecule has 0 unspecified atom stereocenters. The van der Waals surface area contributed by atoms with E-state index in [1.165, 1.54) is 29.0 Å². The maximum absolute atomic E-state index is 14.0. The van der Waals surface area contributed by atoms with E-state index in [0.29, 0.717) is 10.8 Å². The Morgan fingerprint density at radius 2 is 1.74 bits per heavy atom. The minimum atomic E-state index is -1.54. The first kappa shape index (κ1) is 26.4. The van der Waals surface area contributed by atoms with Crippen molar-refractivity contribution < 1.29 is 33.9 Å². The Balaban J connectivity index is 1.56. The number of aryl methyl sites for hydroxylation is 1. The molecule has 4 aromatic rings. The van der Waals surface area contributed by atoms with E-state index in [9.17, 15) is 29.2 Å². The fourth-order valence-corrected chi connectivity index (χ4v) is 4.70. The lowest BCUT2D eigenvalue weighted by Gasteiger charge is -2.41. The molecule has 4 N–H and O–H groups in total. The molecule has 11 nitrogen and oxygen atoms in total. The summed E-state index contributed by atoms with van der Waals surface area (Å²) < 4.78 is 36.3. The normalized spacial score (nSPS) is 23.6. The molecule has 5 atom stereocenters. The number of aromatic hydroxyl groups is 1. The summed E-state index contributed by atoms with van der Waals surface area (Å²) in [4.78, 5) is 0. The lowest BCUT2D eigenvalue weighted by atomic mass is 9.92. The van der Waals surface area contributed by atoms with Crippen LogP contribution in [-0.4, -0.2) is 75.1 Å². The topological polar surface area (TPSA) is 152 Å². The second kappa shape index (κ2) is 10.2. The summed E-state index contributed by atoms with van der Waals surface area (Å²) in [7, 11) is 0. The first-order valence-electron chi connectivity index (χ1n) is 11.2. The Morgan fingerprint density at radius 3 is 2.42 bits per heavy atom. The Bertz CT molecular complexity index is 1480. The number of ether oxygens (including phenoxy) is 1.